The maximum Gasteiger partial charge on any atom is 0.203 e. The first kappa shape index (κ1) is 74.5. The van der Waals surface area contributed by atoms with Gasteiger partial charge in [-0.2, -0.15) is 0 Å². The Kier molecular flexibility index (Phi) is 42.1. The molecule has 3 unspecified atom stereocenters. The normalized spacial score (nSPS) is 15.4. The van der Waals surface area contributed by atoms with E-state index in [0.29, 0.717) is 60.4 Å². The van der Waals surface area contributed by atoms with Gasteiger partial charge >= 0.3 is 0 Å². The van der Waals surface area contributed by atoms with E-state index in [9.17, 15) is 5.11 Å². The number of hydrogen-bond acceptors (Lipinski definition) is 5. The van der Waals surface area contributed by atoms with Crippen LogP contribution in [-0.2, 0) is 18.3 Å². The van der Waals surface area contributed by atoms with Gasteiger partial charge in [0.05, 0.1) is 26.9 Å². The Labute approximate surface area is 504 Å². The summed E-state index contributed by atoms with van der Waals surface area (Å²) < 4.78 is 32.5. The van der Waals surface area contributed by atoms with Gasteiger partial charge in [-0.1, -0.05) is 277 Å². The van der Waals surface area contributed by atoms with Gasteiger partial charge in [0.15, 0.2) is 11.5 Å². The molecule has 0 spiro atoms. The van der Waals surface area contributed by atoms with Crippen molar-refractivity contribution in [2.75, 3.05) is 26.9 Å². The highest BCUT2D eigenvalue weighted by Crippen LogP contribution is 2.41. The van der Waals surface area contributed by atoms with E-state index in [-0.39, 0.29) is 13.2 Å². The average molecular weight is 1130 g/mol. The first-order valence-corrected chi connectivity index (χ1v) is 34.7. The van der Waals surface area contributed by atoms with Crippen LogP contribution in [0.3, 0.4) is 0 Å². The zero-order valence-corrected chi connectivity index (χ0v) is 56.5. The van der Waals surface area contributed by atoms with Crippen molar-refractivity contribution in [1.29, 1.82) is 0 Å². The van der Waals surface area contributed by atoms with E-state index in [1.54, 1.807) is 13.2 Å². The van der Waals surface area contributed by atoms with Gasteiger partial charge in [-0.05, 0) is 120 Å². The Balaban J connectivity index is 2.18. The summed E-state index contributed by atoms with van der Waals surface area (Å²) in [6.45, 7) is 37.8. The van der Waals surface area contributed by atoms with E-state index in [1.165, 1.54) is 173 Å². The standard InChI is InChI=1S/C75H135O6/c1-57(2)26-17-29-60(7)32-20-35-63(10)38-23-41-66(13)46-49-78-73-52-69(56-81-72-54-71(77-16)45-44-70(72)55-76)53-74(79-50-47-67(14)42-24-39-64(11)36-21-33-61(8)30-18-27-58(3)4)75(73)80-51-48-68(15)43-25-40-65(12)37-22-34-62(9)31-19-28-59(5)6/h44-45,52-54,57-68H,17-43,46-51,55-56H2,1-16H3/t60-,61-,62-,63-,64-,65-,66?,67?,68?/m1/s1. The third kappa shape index (κ3) is 38.1. The molecule has 9 atom stereocenters. The maximum atomic E-state index is 12.2. The topological polar surface area (TPSA) is 66.1 Å². The number of rotatable bonds is 53. The van der Waals surface area contributed by atoms with Crippen molar-refractivity contribution in [3.8, 4) is 28.7 Å². The molecule has 0 aliphatic heterocycles. The lowest BCUT2D eigenvalue weighted by Crippen LogP contribution is -2.11. The van der Waals surface area contributed by atoms with Gasteiger partial charge in [0.25, 0.3) is 0 Å². The van der Waals surface area contributed by atoms with Crippen molar-refractivity contribution in [1.82, 2.24) is 0 Å². The molecule has 1 radical (unpaired) electrons. The van der Waals surface area contributed by atoms with Gasteiger partial charge in [0, 0.05) is 11.6 Å². The van der Waals surface area contributed by atoms with E-state index >= 15 is 0 Å². The second-order valence-corrected chi connectivity index (χ2v) is 28.7. The van der Waals surface area contributed by atoms with Crippen molar-refractivity contribution >= 4 is 0 Å². The highest BCUT2D eigenvalue weighted by Gasteiger charge is 2.20. The number of methoxy groups -OCH3 is 1. The Morgan fingerprint density at radius 1 is 0.321 bits per heavy atom. The summed E-state index contributed by atoms with van der Waals surface area (Å²) in [5.41, 5.74) is 1.54. The molecular weight excluding hydrogens is 997 g/mol. The molecule has 0 heterocycles. The second-order valence-electron chi connectivity index (χ2n) is 28.7. The summed E-state index contributed by atoms with van der Waals surface area (Å²) in [4.78, 5) is 0. The molecule has 0 bridgehead atoms. The molecule has 0 amide bonds. The molecule has 81 heavy (non-hydrogen) atoms. The predicted octanol–water partition coefficient (Wildman–Crippen LogP) is 23.7. The molecule has 471 valence electrons. The highest BCUT2D eigenvalue weighted by atomic mass is 16.5. The van der Waals surface area contributed by atoms with Crippen LogP contribution in [0.1, 0.15) is 308 Å². The SMILES string of the molecule is COc1ccc(C[O])c(OCc2cc(OCCC(C)CCC[C@H](C)CCC[C@H](C)CCCC(C)C)c(OCCC(C)CCC[C@H](C)CCC[C@H](C)CCCC(C)C)c(OCCC(C)CCC[C@H](C)CCC[C@H](C)CCCC(C)C)c2)c1. The third-order valence-corrected chi connectivity index (χ3v) is 18.3. The van der Waals surface area contributed by atoms with Crippen LogP contribution in [0.15, 0.2) is 30.3 Å². The third-order valence-electron chi connectivity index (χ3n) is 18.3. The van der Waals surface area contributed by atoms with E-state index < -0.39 is 0 Å². The quantitative estimate of drug-likeness (QED) is 0.0660. The lowest BCUT2D eigenvalue weighted by Gasteiger charge is -2.21. The summed E-state index contributed by atoms with van der Waals surface area (Å²) in [7, 11) is 1.64. The Morgan fingerprint density at radius 3 is 0.889 bits per heavy atom. The van der Waals surface area contributed by atoms with Gasteiger partial charge in [0.1, 0.15) is 24.7 Å². The minimum Gasteiger partial charge on any atom is -0.497 e. The van der Waals surface area contributed by atoms with Crippen LogP contribution in [0.25, 0.3) is 0 Å². The second kappa shape index (κ2) is 45.7. The van der Waals surface area contributed by atoms with E-state index in [1.807, 2.05) is 12.1 Å². The fraction of sp³-hybridized carbons (Fsp3) is 0.840. The minimum absolute atomic E-state index is 0.261. The van der Waals surface area contributed by atoms with Crippen LogP contribution >= 0.6 is 0 Å². The van der Waals surface area contributed by atoms with Crippen LogP contribution in [0.4, 0.5) is 0 Å². The molecular formula is C75H135O6. The van der Waals surface area contributed by atoms with Crippen molar-refractivity contribution in [3.63, 3.8) is 0 Å². The first-order valence-electron chi connectivity index (χ1n) is 34.7. The molecule has 6 heteroatoms. The molecule has 0 aromatic heterocycles. The summed E-state index contributed by atoms with van der Waals surface area (Å²) in [6, 6.07) is 9.62. The highest BCUT2D eigenvalue weighted by molar-refractivity contribution is 5.54. The zero-order chi connectivity index (χ0) is 59.8. The van der Waals surface area contributed by atoms with Gasteiger partial charge in [-0.15, -0.1) is 0 Å². The lowest BCUT2D eigenvalue weighted by atomic mass is 9.91. The van der Waals surface area contributed by atoms with E-state index in [0.717, 1.165) is 89.6 Å². The number of benzene rings is 2. The predicted molar refractivity (Wildman–Crippen MR) is 350 cm³/mol. The van der Waals surface area contributed by atoms with Crippen LogP contribution < -0.4 is 23.7 Å². The van der Waals surface area contributed by atoms with E-state index in [2.05, 4.69) is 116 Å². The van der Waals surface area contributed by atoms with Crippen LogP contribution in [-0.4, -0.2) is 26.9 Å². The lowest BCUT2D eigenvalue weighted by molar-refractivity contribution is 0.171. The molecule has 0 saturated carbocycles. The van der Waals surface area contributed by atoms with Gasteiger partial charge < -0.3 is 23.7 Å². The molecule has 6 nitrogen and oxygen atoms in total. The Bertz CT molecular complexity index is 1720. The summed E-state index contributed by atoms with van der Waals surface area (Å²) in [5, 5.41) is 12.2. The monoisotopic (exact) mass is 1130 g/mol. The number of hydrogen-bond donors (Lipinski definition) is 0. The molecule has 0 aliphatic carbocycles. The van der Waals surface area contributed by atoms with Crippen molar-refractivity contribution < 1.29 is 28.8 Å². The van der Waals surface area contributed by atoms with Crippen molar-refractivity contribution in [3.05, 3.63) is 41.5 Å². The average Bonchev–Trinajstić information content (AvgIpc) is 3.41. The minimum atomic E-state index is -0.367. The molecule has 0 N–H and O–H groups in total. The Morgan fingerprint density at radius 2 is 0.605 bits per heavy atom. The van der Waals surface area contributed by atoms with Crippen LogP contribution in [0.5, 0.6) is 28.7 Å². The zero-order valence-electron chi connectivity index (χ0n) is 56.5. The fourth-order valence-corrected chi connectivity index (χ4v) is 12.1. The molecule has 2 aromatic rings. The summed E-state index contributed by atoms with van der Waals surface area (Å²) in [5.74, 6) is 12.4. The first-order chi connectivity index (χ1) is 38.8. The maximum absolute atomic E-state index is 12.2. The van der Waals surface area contributed by atoms with E-state index in [4.69, 9.17) is 23.7 Å². The molecule has 2 rings (SSSR count). The molecule has 2 aromatic carbocycles. The van der Waals surface area contributed by atoms with Crippen molar-refractivity contribution in [2.24, 2.45) is 71.0 Å². The van der Waals surface area contributed by atoms with Gasteiger partial charge in [-0.25, -0.2) is 5.11 Å². The fourth-order valence-electron chi connectivity index (χ4n) is 12.1. The molecule has 0 aliphatic rings. The van der Waals surface area contributed by atoms with Gasteiger partial charge in [-0.3, -0.25) is 0 Å². The van der Waals surface area contributed by atoms with Crippen LogP contribution in [0.2, 0.25) is 0 Å². The number of ether oxygens (including phenoxy) is 5. The smallest absolute Gasteiger partial charge is 0.203 e. The van der Waals surface area contributed by atoms with Gasteiger partial charge in [0.2, 0.25) is 5.75 Å². The van der Waals surface area contributed by atoms with Crippen LogP contribution in [0, 0.1) is 71.0 Å². The summed E-state index contributed by atoms with van der Waals surface area (Å²) in [6.07, 6.45) is 39.0. The van der Waals surface area contributed by atoms with Crippen molar-refractivity contribution in [2.45, 2.75) is 310 Å². The summed E-state index contributed by atoms with van der Waals surface area (Å²) >= 11 is 0. The largest absolute Gasteiger partial charge is 0.497 e. The molecule has 0 saturated heterocycles. The molecule has 0 fully saturated rings. The Hall–Kier alpha value is -2.60.